The summed E-state index contributed by atoms with van der Waals surface area (Å²) in [6.45, 7) is 1.74. The Balaban J connectivity index is 2.45. The summed E-state index contributed by atoms with van der Waals surface area (Å²) in [5.41, 5.74) is 0.729. The van der Waals surface area contributed by atoms with Gasteiger partial charge in [0.25, 0.3) is 0 Å². The van der Waals surface area contributed by atoms with Crippen LogP contribution < -0.4 is 4.74 Å². The summed E-state index contributed by atoms with van der Waals surface area (Å²) in [7, 11) is -4.80. The van der Waals surface area contributed by atoms with Crippen LogP contribution in [0.25, 0.3) is 0 Å². The molecule has 1 saturated heterocycles. The molecule has 0 unspecified atom stereocenters. The van der Waals surface area contributed by atoms with Gasteiger partial charge < -0.3 is 9.84 Å². The molecule has 0 spiro atoms. The fourth-order valence-corrected chi connectivity index (χ4v) is 6.04. The SMILES string of the molecule is COc1ccc(C)cc1S(=O)(=O)N(C)[C@H]1CS(=O)(=O)C[C@H]1O. The number of aryl methyl sites for hydroxylation is 1. The summed E-state index contributed by atoms with van der Waals surface area (Å²) < 4.78 is 54.7. The smallest absolute Gasteiger partial charge is 0.246 e. The van der Waals surface area contributed by atoms with E-state index in [2.05, 4.69) is 0 Å². The Labute approximate surface area is 130 Å². The molecular formula is C13H19NO6S2. The number of likely N-dealkylation sites (N-methyl/N-ethyl adjacent to an activating group) is 1. The molecule has 1 heterocycles. The highest BCUT2D eigenvalue weighted by atomic mass is 32.2. The van der Waals surface area contributed by atoms with Crippen LogP contribution in [-0.2, 0) is 19.9 Å². The molecule has 1 fully saturated rings. The first-order valence-corrected chi connectivity index (χ1v) is 9.86. The van der Waals surface area contributed by atoms with Gasteiger partial charge in [-0.3, -0.25) is 0 Å². The molecule has 7 nitrogen and oxygen atoms in total. The van der Waals surface area contributed by atoms with E-state index in [0.717, 1.165) is 9.87 Å². The standard InChI is InChI=1S/C13H19NO6S2/c1-9-4-5-12(20-3)13(6-9)22(18,19)14(2)10-7-21(16,17)8-11(10)15/h4-6,10-11,15H,7-8H2,1-3H3/t10-,11+/m0/s1. The monoisotopic (exact) mass is 349 g/mol. The topological polar surface area (TPSA) is 101 Å². The summed E-state index contributed by atoms with van der Waals surface area (Å²) in [6.07, 6.45) is -1.24. The van der Waals surface area contributed by atoms with Crippen LogP contribution in [0.1, 0.15) is 5.56 Å². The quantitative estimate of drug-likeness (QED) is 0.807. The molecule has 1 aliphatic rings. The van der Waals surface area contributed by atoms with Gasteiger partial charge in [-0.25, -0.2) is 16.8 Å². The predicted octanol–water partition coefficient (Wildman–Crippen LogP) is -0.218. The van der Waals surface area contributed by atoms with E-state index < -0.39 is 43.5 Å². The molecule has 22 heavy (non-hydrogen) atoms. The number of benzene rings is 1. The fourth-order valence-electron chi connectivity index (χ4n) is 2.48. The predicted molar refractivity (Wildman–Crippen MR) is 81.1 cm³/mol. The Morgan fingerprint density at radius 1 is 1.32 bits per heavy atom. The Morgan fingerprint density at radius 2 is 1.95 bits per heavy atom. The molecule has 9 heteroatoms. The Bertz CT molecular complexity index is 772. The van der Waals surface area contributed by atoms with E-state index in [1.54, 1.807) is 13.0 Å². The van der Waals surface area contributed by atoms with E-state index in [-0.39, 0.29) is 10.6 Å². The van der Waals surface area contributed by atoms with Crippen LogP contribution in [-0.4, -0.2) is 64.1 Å². The van der Waals surface area contributed by atoms with E-state index in [1.165, 1.54) is 26.3 Å². The van der Waals surface area contributed by atoms with Gasteiger partial charge in [-0.2, -0.15) is 4.31 Å². The van der Waals surface area contributed by atoms with Crippen LogP contribution in [0.3, 0.4) is 0 Å². The van der Waals surface area contributed by atoms with E-state index in [1.807, 2.05) is 0 Å². The third-order valence-electron chi connectivity index (χ3n) is 3.74. The lowest BCUT2D eigenvalue weighted by molar-refractivity contribution is 0.137. The zero-order valence-electron chi connectivity index (χ0n) is 12.6. The number of rotatable bonds is 4. The molecule has 2 atom stereocenters. The minimum absolute atomic E-state index is 0.0472. The van der Waals surface area contributed by atoms with Gasteiger partial charge in [0.1, 0.15) is 10.6 Å². The zero-order chi connectivity index (χ0) is 16.7. The average Bonchev–Trinajstić information content (AvgIpc) is 2.70. The number of hydrogen-bond donors (Lipinski definition) is 1. The van der Waals surface area contributed by atoms with Crippen molar-refractivity contribution in [2.45, 2.75) is 24.0 Å². The van der Waals surface area contributed by atoms with Crippen molar-refractivity contribution in [3.63, 3.8) is 0 Å². The van der Waals surface area contributed by atoms with Gasteiger partial charge in [0.15, 0.2) is 9.84 Å². The summed E-state index contributed by atoms with van der Waals surface area (Å²) in [5, 5.41) is 9.87. The second kappa shape index (κ2) is 5.80. The molecular weight excluding hydrogens is 330 g/mol. The maximum absolute atomic E-state index is 12.7. The molecule has 0 aliphatic carbocycles. The molecule has 1 aromatic rings. The van der Waals surface area contributed by atoms with E-state index in [4.69, 9.17) is 4.74 Å². The molecule has 1 N–H and O–H groups in total. The summed E-state index contributed by atoms with van der Waals surface area (Å²) in [6, 6.07) is 3.71. The van der Waals surface area contributed by atoms with Gasteiger partial charge in [0.2, 0.25) is 10.0 Å². The van der Waals surface area contributed by atoms with Crippen molar-refractivity contribution >= 4 is 19.9 Å². The zero-order valence-corrected chi connectivity index (χ0v) is 14.2. The molecule has 0 saturated carbocycles. The van der Waals surface area contributed by atoms with Crippen molar-refractivity contribution in [2.24, 2.45) is 0 Å². The molecule has 1 aromatic carbocycles. The number of sulfone groups is 1. The highest BCUT2D eigenvalue weighted by molar-refractivity contribution is 7.92. The normalized spacial score (nSPS) is 24.6. The fraction of sp³-hybridized carbons (Fsp3) is 0.538. The van der Waals surface area contributed by atoms with Crippen molar-refractivity contribution in [2.75, 3.05) is 25.7 Å². The van der Waals surface area contributed by atoms with Gasteiger partial charge >= 0.3 is 0 Å². The van der Waals surface area contributed by atoms with Crippen molar-refractivity contribution in [1.82, 2.24) is 4.31 Å². The maximum atomic E-state index is 12.7. The molecule has 0 radical (unpaired) electrons. The first kappa shape index (κ1) is 17.2. The number of sulfonamides is 1. The second-order valence-corrected chi connectivity index (χ2v) is 9.51. The Kier molecular flexibility index (Phi) is 4.54. The number of hydrogen-bond acceptors (Lipinski definition) is 6. The number of methoxy groups -OCH3 is 1. The third-order valence-corrected chi connectivity index (χ3v) is 7.34. The van der Waals surface area contributed by atoms with E-state index >= 15 is 0 Å². The molecule has 0 bridgehead atoms. The number of ether oxygens (including phenoxy) is 1. The van der Waals surface area contributed by atoms with Gasteiger partial charge in [-0.1, -0.05) is 6.07 Å². The average molecular weight is 349 g/mol. The maximum Gasteiger partial charge on any atom is 0.246 e. The Morgan fingerprint density at radius 3 is 2.45 bits per heavy atom. The molecule has 1 aliphatic heterocycles. The first-order chi connectivity index (χ1) is 10.1. The van der Waals surface area contributed by atoms with Gasteiger partial charge in [0, 0.05) is 7.05 Å². The highest BCUT2D eigenvalue weighted by Crippen LogP contribution is 2.30. The van der Waals surface area contributed by atoms with E-state index in [0.29, 0.717) is 0 Å². The first-order valence-electron chi connectivity index (χ1n) is 6.59. The summed E-state index contributed by atoms with van der Waals surface area (Å²) in [4.78, 5) is -0.0472. The lowest BCUT2D eigenvalue weighted by atomic mass is 10.2. The van der Waals surface area contributed by atoms with Crippen LogP contribution in [0.5, 0.6) is 5.75 Å². The number of aliphatic hydroxyl groups excluding tert-OH is 1. The van der Waals surface area contributed by atoms with Crippen molar-refractivity contribution in [1.29, 1.82) is 0 Å². The number of aliphatic hydroxyl groups is 1. The van der Waals surface area contributed by atoms with Crippen LogP contribution in [0.15, 0.2) is 23.1 Å². The van der Waals surface area contributed by atoms with Gasteiger partial charge in [-0.05, 0) is 24.6 Å². The van der Waals surface area contributed by atoms with Gasteiger partial charge in [-0.15, -0.1) is 0 Å². The van der Waals surface area contributed by atoms with Crippen molar-refractivity contribution < 1.29 is 26.7 Å². The molecule has 2 rings (SSSR count). The lowest BCUT2D eigenvalue weighted by Gasteiger charge is -2.26. The molecule has 124 valence electrons. The van der Waals surface area contributed by atoms with Crippen molar-refractivity contribution in [3.8, 4) is 5.75 Å². The largest absolute Gasteiger partial charge is 0.495 e. The summed E-state index contributed by atoms with van der Waals surface area (Å²) in [5.74, 6) is -0.645. The second-order valence-electron chi connectivity index (χ2n) is 5.39. The van der Waals surface area contributed by atoms with Gasteiger partial charge in [0.05, 0.1) is 30.8 Å². The minimum atomic E-state index is -3.99. The van der Waals surface area contributed by atoms with Crippen LogP contribution >= 0.6 is 0 Å². The van der Waals surface area contributed by atoms with Crippen LogP contribution in [0, 0.1) is 6.92 Å². The van der Waals surface area contributed by atoms with Crippen molar-refractivity contribution in [3.05, 3.63) is 23.8 Å². The number of nitrogens with zero attached hydrogens (tertiary/aromatic N) is 1. The van der Waals surface area contributed by atoms with Crippen LogP contribution in [0.2, 0.25) is 0 Å². The molecule has 0 aromatic heterocycles. The minimum Gasteiger partial charge on any atom is -0.495 e. The summed E-state index contributed by atoms with van der Waals surface area (Å²) >= 11 is 0. The molecule has 0 amide bonds. The highest BCUT2D eigenvalue weighted by Gasteiger charge is 2.43. The Hall–Kier alpha value is -1.16. The van der Waals surface area contributed by atoms with E-state index in [9.17, 15) is 21.9 Å². The lowest BCUT2D eigenvalue weighted by Crippen LogP contribution is -2.44. The third kappa shape index (κ3) is 3.12. The van der Waals surface area contributed by atoms with Crippen LogP contribution in [0.4, 0.5) is 0 Å².